The summed E-state index contributed by atoms with van der Waals surface area (Å²) in [6, 6.07) is 0. The Balaban J connectivity index is 5.26. The van der Waals surface area contributed by atoms with Gasteiger partial charge in [-0.3, -0.25) is 37.3 Å². The monoisotopic (exact) mass is 1610 g/mol. The number of hydrogen-bond acceptors (Lipinski definition) is 15. The van der Waals surface area contributed by atoms with Gasteiger partial charge in [0.1, 0.15) is 19.3 Å². The van der Waals surface area contributed by atoms with Gasteiger partial charge in [0.25, 0.3) is 0 Å². The Morgan fingerprint density at radius 2 is 0.464 bits per heavy atom. The molecule has 0 amide bonds. The Kier molecular flexibility index (Phi) is 80.7. The molecular weight excluding hydrogens is 1430 g/mol. The first kappa shape index (κ1) is 108. The number of esters is 4. The van der Waals surface area contributed by atoms with Crippen LogP contribution >= 0.6 is 15.6 Å². The van der Waals surface area contributed by atoms with Crippen LogP contribution in [0.15, 0.2) is 0 Å². The smallest absolute Gasteiger partial charge is 0.462 e. The summed E-state index contributed by atoms with van der Waals surface area (Å²) < 4.78 is 69.1. The minimum atomic E-state index is -4.97. The van der Waals surface area contributed by atoms with Gasteiger partial charge in [0.15, 0.2) is 12.2 Å². The molecule has 19 heteroatoms. The van der Waals surface area contributed by atoms with Crippen LogP contribution in [0, 0.1) is 11.8 Å². The van der Waals surface area contributed by atoms with E-state index in [1.807, 2.05) is 0 Å². The molecule has 0 heterocycles. The maximum absolute atomic E-state index is 13.2. The Hall–Kier alpha value is -1.94. The summed E-state index contributed by atoms with van der Waals surface area (Å²) in [5.41, 5.74) is 0. The third kappa shape index (κ3) is 82.6. The lowest BCUT2D eigenvalue weighted by Gasteiger charge is -2.21. The molecule has 110 heavy (non-hydrogen) atoms. The van der Waals surface area contributed by atoms with E-state index in [-0.39, 0.29) is 25.7 Å². The summed E-state index contributed by atoms with van der Waals surface area (Å²) in [5, 5.41) is 10.7. The van der Waals surface area contributed by atoms with Gasteiger partial charge >= 0.3 is 39.5 Å². The molecule has 0 fully saturated rings. The largest absolute Gasteiger partial charge is 0.472 e. The van der Waals surface area contributed by atoms with Crippen molar-refractivity contribution in [3.8, 4) is 0 Å². The second-order valence-corrected chi connectivity index (χ2v) is 36.3. The van der Waals surface area contributed by atoms with Gasteiger partial charge in [-0.15, -0.1) is 0 Å². The third-order valence-electron chi connectivity index (χ3n) is 21.8. The van der Waals surface area contributed by atoms with E-state index in [9.17, 15) is 43.2 Å². The second-order valence-electron chi connectivity index (χ2n) is 33.4. The van der Waals surface area contributed by atoms with Crippen LogP contribution in [0.5, 0.6) is 0 Å². The Morgan fingerprint density at radius 1 is 0.264 bits per heavy atom. The zero-order valence-electron chi connectivity index (χ0n) is 72.6. The van der Waals surface area contributed by atoms with Crippen LogP contribution in [-0.4, -0.2) is 96.7 Å². The van der Waals surface area contributed by atoms with Crippen molar-refractivity contribution in [1.29, 1.82) is 0 Å². The lowest BCUT2D eigenvalue weighted by Crippen LogP contribution is -2.30. The number of ether oxygens (including phenoxy) is 4. The van der Waals surface area contributed by atoms with Crippen LogP contribution < -0.4 is 0 Å². The number of rotatable bonds is 90. The molecule has 0 saturated heterocycles. The number of unbranched alkanes of at least 4 members (excludes halogenated alkanes) is 59. The molecule has 654 valence electrons. The van der Waals surface area contributed by atoms with Gasteiger partial charge in [-0.05, 0) is 37.5 Å². The molecular formula is C91H178O17P2. The number of carbonyl (C=O) groups is 4. The van der Waals surface area contributed by atoms with Crippen LogP contribution in [0.4, 0.5) is 0 Å². The first-order chi connectivity index (χ1) is 53.4. The minimum Gasteiger partial charge on any atom is -0.462 e. The van der Waals surface area contributed by atoms with Crippen molar-refractivity contribution in [1.82, 2.24) is 0 Å². The van der Waals surface area contributed by atoms with E-state index in [1.165, 1.54) is 308 Å². The molecule has 0 spiro atoms. The van der Waals surface area contributed by atoms with Crippen molar-refractivity contribution in [2.24, 2.45) is 11.8 Å². The fourth-order valence-electron chi connectivity index (χ4n) is 14.3. The van der Waals surface area contributed by atoms with Gasteiger partial charge in [0, 0.05) is 25.7 Å². The van der Waals surface area contributed by atoms with E-state index in [2.05, 4.69) is 41.5 Å². The van der Waals surface area contributed by atoms with E-state index in [4.69, 9.17) is 37.0 Å². The van der Waals surface area contributed by atoms with Crippen molar-refractivity contribution < 1.29 is 80.2 Å². The van der Waals surface area contributed by atoms with Crippen molar-refractivity contribution in [3.05, 3.63) is 0 Å². The summed E-state index contributed by atoms with van der Waals surface area (Å²) in [7, 11) is -9.94. The average Bonchev–Trinajstić information content (AvgIpc) is 0.897. The van der Waals surface area contributed by atoms with Crippen molar-refractivity contribution >= 4 is 39.5 Å². The number of hydrogen-bond donors (Lipinski definition) is 3. The Morgan fingerprint density at radius 3 is 0.691 bits per heavy atom. The number of phosphoric acid groups is 2. The van der Waals surface area contributed by atoms with E-state index >= 15 is 0 Å². The zero-order chi connectivity index (χ0) is 80.6. The van der Waals surface area contributed by atoms with Gasteiger partial charge in [-0.1, -0.05) is 440 Å². The highest BCUT2D eigenvalue weighted by atomic mass is 31.2. The molecule has 3 N–H and O–H groups in total. The van der Waals surface area contributed by atoms with Gasteiger partial charge in [0.2, 0.25) is 0 Å². The molecule has 6 atom stereocenters. The number of aliphatic hydroxyl groups is 1. The standard InChI is InChI=1S/C91H178O17P2/c1-7-10-12-14-16-18-20-22-23-24-28-31-38-44-50-56-62-68-74-89(94)102-80-87(107-90(95)75-69-63-57-51-45-39-32-29-26-25-27-30-37-42-48-54-60-66-72-84(6)9-3)82-106-110(99,100)104-78-85(92)77-103-109(97,98)105-81-86(79-101-88(93)73-67-61-55-49-43-35-21-19-17-15-13-11-8-2)108-91(96)76-70-64-58-52-46-40-34-33-36-41-47-53-59-65-71-83(4)5/h83-87,92H,7-82H2,1-6H3,(H,97,98)(H,99,100)/t84?,85-,86+,87+/m0/s1. The second kappa shape index (κ2) is 82.2. The predicted molar refractivity (Wildman–Crippen MR) is 455 cm³/mol. The van der Waals surface area contributed by atoms with Crippen LogP contribution in [0.2, 0.25) is 0 Å². The van der Waals surface area contributed by atoms with Gasteiger partial charge in [-0.25, -0.2) is 9.13 Å². The summed E-state index contributed by atoms with van der Waals surface area (Å²) in [6.45, 7) is 9.80. The van der Waals surface area contributed by atoms with Crippen LogP contribution in [0.1, 0.15) is 491 Å². The average molecular weight is 1610 g/mol. The molecule has 3 unspecified atom stereocenters. The van der Waals surface area contributed by atoms with E-state index in [1.54, 1.807) is 0 Å². The summed E-state index contributed by atoms with van der Waals surface area (Å²) in [4.78, 5) is 73.4. The summed E-state index contributed by atoms with van der Waals surface area (Å²) >= 11 is 0. The van der Waals surface area contributed by atoms with Gasteiger partial charge < -0.3 is 33.8 Å². The normalized spacial score (nSPS) is 14.0. The first-order valence-corrected chi connectivity index (χ1v) is 50.0. The Labute approximate surface area is 677 Å². The van der Waals surface area contributed by atoms with Crippen molar-refractivity contribution in [3.63, 3.8) is 0 Å². The summed E-state index contributed by atoms with van der Waals surface area (Å²) in [5.74, 6) is -0.427. The number of carbonyl (C=O) groups excluding carboxylic acids is 4. The van der Waals surface area contributed by atoms with E-state index in [0.717, 1.165) is 102 Å². The molecule has 0 aliphatic rings. The van der Waals surface area contributed by atoms with Gasteiger partial charge in [0.05, 0.1) is 26.4 Å². The highest BCUT2D eigenvalue weighted by Gasteiger charge is 2.31. The number of phosphoric ester groups is 2. The molecule has 0 aliphatic heterocycles. The first-order valence-electron chi connectivity index (χ1n) is 47.0. The molecule has 0 aromatic heterocycles. The van der Waals surface area contributed by atoms with Crippen LogP contribution in [0.3, 0.4) is 0 Å². The summed E-state index contributed by atoms with van der Waals surface area (Å²) in [6.07, 6.45) is 76.3. The minimum absolute atomic E-state index is 0.108. The SMILES string of the molecule is CCCCCCCCCCCCCCCCCCCCC(=O)OC[C@H](COP(=O)(O)OC[C@@H](O)COP(=O)(O)OC[C@@H](COC(=O)CCCCCCCCCCCCCCC)OC(=O)CCCCCCCCCCCCCCCCC(C)C)OC(=O)CCCCCCCCCCCCCCCCCCCCC(C)CC. The lowest BCUT2D eigenvalue weighted by atomic mass is 9.99. The molecule has 0 rings (SSSR count). The highest BCUT2D eigenvalue weighted by molar-refractivity contribution is 7.47. The van der Waals surface area contributed by atoms with Crippen LogP contribution in [-0.2, 0) is 65.4 Å². The highest BCUT2D eigenvalue weighted by Crippen LogP contribution is 2.45. The quantitative estimate of drug-likeness (QED) is 0.0222. The van der Waals surface area contributed by atoms with Crippen LogP contribution in [0.25, 0.3) is 0 Å². The zero-order valence-corrected chi connectivity index (χ0v) is 74.4. The van der Waals surface area contributed by atoms with E-state index in [0.29, 0.717) is 25.7 Å². The predicted octanol–water partition coefficient (Wildman–Crippen LogP) is 28.2. The van der Waals surface area contributed by atoms with Gasteiger partial charge in [-0.2, -0.15) is 0 Å². The Bertz CT molecular complexity index is 2100. The van der Waals surface area contributed by atoms with Crippen molar-refractivity contribution in [2.75, 3.05) is 39.6 Å². The lowest BCUT2D eigenvalue weighted by molar-refractivity contribution is -0.161. The fraction of sp³-hybridized carbons (Fsp3) is 0.956. The molecule has 0 aliphatic carbocycles. The molecule has 0 saturated carbocycles. The maximum Gasteiger partial charge on any atom is 0.472 e. The third-order valence-corrected chi connectivity index (χ3v) is 23.7. The topological polar surface area (TPSA) is 237 Å². The maximum atomic E-state index is 13.2. The fourth-order valence-corrected chi connectivity index (χ4v) is 15.9. The van der Waals surface area contributed by atoms with Crippen molar-refractivity contribution in [2.45, 2.75) is 509 Å². The molecule has 0 aromatic rings. The van der Waals surface area contributed by atoms with E-state index < -0.39 is 97.5 Å². The number of aliphatic hydroxyl groups excluding tert-OH is 1. The molecule has 17 nitrogen and oxygen atoms in total. The molecule has 0 aromatic carbocycles. The molecule has 0 radical (unpaired) electrons. The molecule has 0 bridgehead atoms.